The fourth-order valence-electron chi connectivity index (χ4n) is 4.43. The molecule has 0 bridgehead atoms. The molecule has 1 N–H and O–H groups in total. The van der Waals surface area contributed by atoms with Crippen LogP contribution < -0.4 is 10.9 Å². The number of urea groups is 1. The van der Waals surface area contributed by atoms with Gasteiger partial charge in [0.1, 0.15) is 5.82 Å². The largest absolute Gasteiger partial charge is 0.416 e. The van der Waals surface area contributed by atoms with Crippen molar-refractivity contribution in [2.24, 2.45) is 0 Å². The van der Waals surface area contributed by atoms with E-state index in [-0.39, 0.29) is 17.8 Å². The third-order valence-electron chi connectivity index (χ3n) is 6.88. The van der Waals surface area contributed by atoms with Crippen molar-refractivity contribution >= 4 is 22.6 Å². The molecule has 0 saturated heterocycles. The first-order valence-corrected chi connectivity index (χ1v) is 12.9. The van der Waals surface area contributed by atoms with E-state index in [4.69, 9.17) is 4.98 Å². The number of benzene rings is 3. The maximum Gasteiger partial charge on any atom is 0.416 e. The molecule has 0 fully saturated rings. The number of hydrogen-bond acceptors (Lipinski definition) is 4. The van der Waals surface area contributed by atoms with Gasteiger partial charge in [0.05, 0.1) is 28.2 Å². The molecule has 0 aliphatic rings. The van der Waals surface area contributed by atoms with E-state index in [2.05, 4.69) is 5.32 Å². The molecule has 0 spiro atoms. The molecule has 0 radical (unpaired) electrons. The van der Waals surface area contributed by atoms with Gasteiger partial charge < -0.3 is 15.1 Å². The third kappa shape index (κ3) is 6.17. The molecule has 210 valence electrons. The second kappa shape index (κ2) is 11.5. The van der Waals surface area contributed by atoms with Crippen molar-refractivity contribution in [3.05, 3.63) is 99.6 Å². The van der Waals surface area contributed by atoms with Gasteiger partial charge in [-0.3, -0.25) is 9.36 Å². The summed E-state index contributed by atoms with van der Waals surface area (Å²) >= 11 is 0. The van der Waals surface area contributed by atoms with Crippen LogP contribution in [0.5, 0.6) is 0 Å². The van der Waals surface area contributed by atoms with Crippen LogP contribution in [0, 0.1) is 13.8 Å². The summed E-state index contributed by atoms with van der Waals surface area (Å²) in [5.41, 5.74) is 2.02. The lowest BCUT2D eigenvalue weighted by Crippen LogP contribution is -2.43. The van der Waals surface area contributed by atoms with Gasteiger partial charge in [0.25, 0.3) is 5.56 Å². The maximum absolute atomic E-state index is 13.8. The van der Waals surface area contributed by atoms with Crippen LogP contribution in [0.4, 0.5) is 23.7 Å². The molecule has 1 aromatic heterocycles. The Kier molecular flexibility index (Phi) is 8.29. The summed E-state index contributed by atoms with van der Waals surface area (Å²) in [6.07, 6.45) is -4.55. The number of halogens is 3. The van der Waals surface area contributed by atoms with Gasteiger partial charge in [0.2, 0.25) is 0 Å². The van der Waals surface area contributed by atoms with Crippen molar-refractivity contribution in [1.82, 2.24) is 19.4 Å². The zero-order chi connectivity index (χ0) is 29.2. The highest BCUT2D eigenvalue weighted by Gasteiger charge is 2.31. The Morgan fingerprint density at radius 2 is 1.70 bits per heavy atom. The minimum absolute atomic E-state index is 0.0138. The lowest BCUT2D eigenvalue weighted by atomic mass is 10.1. The lowest BCUT2D eigenvalue weighted by molar-refractivity contribution is -0.137. The van der Waals surface area contributed by atoms with E-state index in [1.807, 2.05) is 51.0 Å². The van der Waals surface area contributed by atoms with E-state index in [1.165, 1.54) is 21.6 Å². The first-order valence-electron chi connectivity index (χ1n) is 12.9. The van der Waals surface area contributed by atoms with Crippen LogP contribution >= 0.6 is 0 Å². The predicted molar refractivity (Wildman–Crippen MR) is 151 cm³/mol. The number of nitrogens with one attached hydrogen (secondary N) is 1. The van der Waals surface area contributed by atoms with Crippen LogP contribution in [0.1, 0.15) is 35.5 Å². The van der Waals surface area contributed by atoms with E-state index in [0.717, 1.165) is 23.3 Å². The van der Waals surface area contributed by atoms with Gasteiger partial charge in [0, 0.05) is 18.8 Å². The van der Waals surface area contributed by atoms with Crippen LogP contribution in [-0.2, 0) is 6.18 Å². The number of hydrogen-bond donors (Lipinski definition) is 1. The molecule has 0 aliphatic carbocycles. The summed E-state index contributed by atoms with van der Waals surface area (Å²) in [5, 5.41) is 3.04. The molecule has 4 aromatic rings. The minimum atomic E-state index is -4.55. The Morgan fingerprint density at radius 3 is 2.38 bits per heavy atom. The van der Waals surface area contributed by atoms with Crippen molar-refractivity contribution in [1.29, 1.82) is 0 Å². The van der Waals surface area contributed by atoms with Crippen molar-refractivity contribution in [3.8, 4) is 5.69 Å². The molecule has 7 nitrogen and oxygen atoms in total. The Labute approximate surface area is 230 Å². The molecule has 1 unspecified atom stereocenters. The summed E-state index contributed by atoms with van der Waals surface area (Å²) in [6.45, 7) is 6.39. The molecule has 3 aromatic carbocycles. The summed E-state index contributed by atoms with van der Waals surface area (Å²) in [5.74, 6) is 0.338. The number of rotatable bonds is 7. The number of nitrogens with zero attached hydrogens (tertiary/aromatic N) is 4. The number of amides is 2. The van der Waals surface area contributed by atoms with E-state index < -0.39 is 23.8 Å². The Balaban J connectivity index is 1.82. The number of anilines is 1. The fourth-order valence-corrected chi connectivity index (χ4v) is 4.43. The molecule has 1 atom stereocenters. The summed E-state index contributed by atoms with van der Waals surface area (Å²) < 4.78 is 41.3. The van der Waals surface area contributed by atoms with E-state index in [9.17, 15) is 22.8 Å². The summed E-state index contributed by atoms with van der Waals surface area (Å²) in [7, 11) is 3.71. The van der Waals surface area contributed by atoms with Crippen LogP contribution in [-0.4, -0.2) is 52.6 Å². The quantitative estimate of drug-likeness (QED) is 0.298. The zero-order valence-corrected chi connectivity index (χ0v) is 23.1. The number of likely N-dealkylation sites (N-methyl/N-ethyl adjacent to an activating group) is 1. The van der Waals surface area contributed by atoms with Gasteiger partial charge >= 0.3 is 12.2 Å². The van der Waals surface area contributed by atoms with Crippen molar-refractivity contribution in [3.63, 3.8) is 0 Å². The highest BCUT2D eigenvalue weighted by Crippen LogP contribution is 2.31. The first-order chi connectivity index (χ1) is 18.9. The van der Waals surface area contributed by atoms with Crippen LogP contribution in [0.25, 0.3) is 16.6 Å². The number of alkyl halides is 3. The third-order valence-corrected chi connectivity index (χ3v) is 6.88. The zero-order valence-electron chi connectivity index (χ0n) is 23.1. The molecular formula is C30H32F3N5O2. The predicted octanol–water partition coefficient (Wildman–Crippen LogP) is 6.18. The smallest absolute Gasteiger partial charge is 0.313 e. The fraction of sp³-hybridized carbons (Fsp3) is 0.300. The number of carbonyl (C=O) groups is 1. The number of aryl methyl sites for hydroxylation is 2. The van der Waals surface area contributed by atoms with Crippen molar-refractivity contribution in [2.45, 2.75) is 33.0 Å². The Hall–Kier alpha value is -4.18. The minimum Gasteiger partial charge on any atom is -0.313 e. The first kappa shape index (κ1) is 28.8. The van der Waals surface area contributed by atoms with Gasteiger partial charge in [-0.05, 0) is 88.5 Å². The average molecular weight is 552 g/mol. The summed E-state index contributed by atoms with van der Waals surface area (Å²) in [4.78, 5) is 35.6. The Morgan fingerprint density at radius 1 is 0.975 bits per heavy atom. The van der Waals surface area contributed by atoms with Gasteiger partial charge in [-0.15, -0.1) is 0 Å². The van der Waals surface area contributed by atoms with Gasteiger partial charge in [0.15, 0.2) is 0 Å². The van der Waals surface area contributed by atoms with Crippen molar-refractivity contribution in [2.75, 3.05) is 32.5 Å². The molecule has 2 amide bonds. The van der Waals surface area contributed by atoms with Crippen LogP contribution in [0.2, 0.25) is 0 Å². The number of carbonyl (C=O) groups excluding carboxylic acids is 1. The molecule has 0 aliphatic heterocycles. The number of para-hydroxylation sites is 1. The topological polar surface area (TPSA) is 70.5 Å². The number of aromatic nitrogens is 2. The second-order valence-electron chi connectivity index (χ2n) is 10.1. The second-order valence-corrected chi connectivity index (χ2v) is 10.1. The Bertz CT molecular complexity index is 1600. The highest BCUT2D eigenvalue weighted by molar-refractivity contribution is 5.89. The van der Waals surface area contributed by atoms with Gasteiger partial charge in [-0.1, -0.05) is 24.3 Å². The average Bonchev–Trinajstić information content (AvgIpc) is 2.90. The monoisotopic (exact) mass is 551 g/mol. The molecule has 4 rings (SSSR count). The molecular weight excluding hydrogens is 519 g/mol. The summed E-state index contributed by atoms with van der Waals surface area (Å²) in [6, 6.07) is 15.8. The van der Waals surface area contributed by atoms with Crippen molar-refractivity contribution < 1.29 is 18.0 Å². The standard InChI is InChI=1S/C30H32F3N5O2/c1-19-13-14-24(17-20(19)2)38-27(35-26-12-7-6-11-25(26)28(38)39)21(3)37(16-15-36(4)5)29(40)34-23-10-8-9-22(18-23)30(31,32)33/h6-14,17-18,21H,15-16H2,1-5H3,(H,34,40). The number of fused-ring (bicyclic) bond motifs is 1. The van der Waals surface area contributed by atoms with E-state index in [0.29, 0.717) is 29.0 Å². The van der Waals surface area contributed by atoms with E-state index >= 15 is 0 Å². The van der Waals surface area contributed by atoms with E-state index in [1.54, 1.807) is 31.2 Å². The lowest BCUT2D eigenvalue weighted by Gasteiger charge is -2.31. The molecule has 40 heavy (non-hydrogen) atoms. The van der Waals surface area contributed by atoms with Crippen LogP contribution in [0.15, 0.2) is 71.5 Å². The molecule has 1 heterocycles. The molecule has 10 heteroatoms. The highest BCUT2D eigenvalue weighted by atomic mass is 19.4. The maximum atomic E-state index is 13.8. The molecule has 0 saturated carbocycles. The SMILES string of the molecule is Cc1ccc(-n2c(C(C)N(CCN(C)C)C(=O)Nc3cccc(C(F)(F)F)c3)nc3ccccc3c2=O)cc1C. The van der Waals surface area contributed by atoms with Crippen LogP contribution in [0.3, 0.4) is 0 Å². The van der Waals surface area contributed by atoms with Gasteiger partial charge in [-0.2, -0.15) is 13.2 Å². The van der Waals surface area contributed by atoms with Gasteiger partial charge in [-0.25, -0.2) is 9.78 Å². The normalized spacial score (nSPS) is 12.5.